The Hall–Kier alpha value is -2.24. The number of aryl methyl sites for hydroxylation is 1. The van der Waals surface area contributed by atoms with Gasteiger partial charge in [0, 0.05) is 24.2 Å². The van der Waals surface area contributed by atoms with E-state index < -0.39 is 0 Å². The number of aromatic amines is 1. The fourth-order valence-corrected chi connectivity index (χ4v) is 3.45. The van der Waals surface area contributed by atoms with Gasteiger partial charge in [-0.15, -0.1) is 0 Å². The second-order valence-corrected chi connectivity index (χ2v) is 5.97. The molecule has 1 atom stereocenters. The van der Waals surface area contributed by atoms with Crippen LogP contribution in [0.25, 0.3) is 0 Å². The van der Waals surface area contributed by atoms with Gasteiger partial charge in [-0.05, 0) is 25.3 Å². The molecule has 5 nitrogen and oxygen atoms in total. The molecular formula is C17H20FN3O2. The van der Waals surface area contributed by atoms with E-state index in [1.807, 2.05) is 0 Å². The second kappa shape index (κ2) is 5.76. The maximum Gasteiger partial charge on any atom is 0.166 e. The standard InChI is InChI=1S/C17H20FN3O2/c1-2-12-10-16(20-19-12)21-5-3-4-14(21)13-8-11(18)9-15-17(13)23-7-6-22-15/h8-10,14H,2-7H2,1H3,(H,19,20). The summed E-state index contributed by atoms with van der Waals surface area (Å²) < 4.78 is 25.4. The van der Waals surface area contributed by atoms with Gasteiger partial charge in [-0.3, -0.25) is 5.10 Å². The Balaban J connectivity index is 1.72. The summed E-state index contributed by atoms with van der Waals surface area (Å²) >= 11 is 0. The van der Waals surface area contributed by atoms with E-state index in [-0.39, 0.29) is 11.9 Å². The molecule has 0 spiro atoms. The third-order valence-corrected chi connectivity index (χ3v) is 4.54. The molecule has 1 aromatic carbocycles. The number of nitrogens with zero attached hydrogens (tertiary/aromatic N) is 2. The average molecular weight is 317 g/mol. The summed E-state index contributed by atoms with van der Waals surface area (Å²) in [6, 6.07) is 5.13. The molecule has 1 unspecified atom stereocenters. The molecule has 2 aliphatic heterocycles. The second-order valence-electron chi connectivity index (χ2n) is 5.97. The first-order chi connectivity index (χ1) is 11.3. The molecule has 122 valence electrons. The van der Waals surface area contributed by atoms with Crippen LogP contribution >= 0.6 is 0 Å². The number of halogens is 1. The minimum Gasteiger partial charge on any atom is -0.486 e. The van der Waals surface area contributed by atoms with Crippen molar-refractivity contribution in [3.05, 3.63) is 35.3 Å². The molecule has 2 aromatic rings. The van der Waals surface area contributed by atoms with Crippen molar-refractivity contribution >= 4 is 5.82 Å². The van der Waals surface area contributed by atoms with Gasteiger partial charge in [-0.1, -0.05) is 6.92 Å². The zero-order valence-corrected chi connectivity index (χ0v) is 13.1. The molecule has 6 heteroatoms. The molecule has 0 amide bonds. The smallest absolute Gasteiger partial charge is 0.166 e. The van der Waals surface area contributed by atoms with E-state index in [1.165, 1.54) is 6.07 Å². The van der Waals surface area contributed by atoms with Crippen molar-refractivity contribution in [3.63, 3.8) is 0 Å². The van der Waals surface area contributed by atoms with Crippen LogP contribution in [0.5, 0.6) is 11.5 Å². The third kappa shape index (κ3) is 2.52. The highest BCUT2D eigenvalue weighted by molar-refractivity contribution is 5.54. The number of aromatic nitrogens is 2. The summed E-state index contributed by atoms with van der Waals surface area (Å²) in [4.78, 5) is 2.25. The van der Waals surface area contributed by atoms with Gasteiger partial charge in [0.05, 0.1) is 11.7 Å². The summed E-state index contributed by atoms with van der Waals surface area (Å²) in [6.45, 7) is 3.96. The Labute approximate surface area is 134 Å². The van der Waals surface area contributed by atoms with Crippen LogP contribution in [0.1, 0.15) is 37.1 Å². The molecule has 4 rings (SSSR count). The molecule has 0 radical (unpaired) electrons. The van der Waals surface area contributed by atoms with Crippen molar-refractivity contribution in [2.75, 3.05) is 24.7 Å². The molecule has 1 fully saturated rings. The van der Waals surface area contributed by atoms with Crippen molar-refractivity contribution in [2.24, 2.45) is 0 Å². The molecule has 0 saturated carbocycles. The fraction of sp³-hybridized carbons (Fsp3) is 0.471. The normalized spacial score (nSPS) is 20.1. The Morgan fingerprint density at radius 2 is 2.17 bits per heavy atom. The van der Waals surface area contributed by atoms with Crippen LogP contribution in [0.4, 0.5) is 10.2 Å². The number of rotatable bonds is 3. The van der Waals surface area contributed by atoms with Crippen molar-refractivity contribution in [1.82, 2.24) is 10.2 Å². The predicted molar refractivity (Wildman–Crippen MR) is 84.7 cm³/mol. The molecule has 1 saturated heterocycles. The summed E-state index contributed by atoms with van der Waals surface area (Å²) in [5.41, 5.74) is 1.90. The van der Waals surface area contributed by atoms with Crippen LogP contribution in [-0.2, 0) is 6.42 Å². The predicted octanol–water partition coefficient (Wildman–Crippen LogP) is 3.22. The third-order valence-electron chi connectivity index (χ3n) is 4.54. The quantitative estimate of drug-likeness (QED) is 0.944. The van der Waals surface area contributed by atoms with Gasteiger partial charge in [-0.2, -0.15) is 5.10 Å². The van der Waals surface area contributed by atoms with Gasteiger partial charge in [0.1, 0.15) is 24.8 Å². The number of anilines is 1. The maximum atomic E-state index is 14.0. The minimum atomic E-state index is -0.282. The van der Waals surface area contributed by atoms with Gasteiger partial charge in [0.15, 0.2) is 11.5 Å². The summed E-state index contributed by atoms with van der Waals surface area (Å²) in [5, 5.41) is 7.42. The first-order valence-electron chi connectivity index (χ1n) is 8.16. The molecule has 0 aliphatic carbocycles. The Bertz CT molecular complexity index is 716. The van der Waals surface area contributed by atoms with Crippen LogP contribution in [-0.4, -0.2) is 30.0 Å². The number of H-pyrrole nitrogens is 1. The van der Waals surface area contributed by atoms with Crippen molar-refractivity contribution in [2.45, 2.75) is 32.2 Å². The summed E-state index contributed by atoms with van der Waals surface area (Å²) in [7, 11) is 0. The topological polar surface area (TPSA) is 50.4 Å². The molecule has 1 N–H and O–H groups in total. The first kappa shape index (κ1) is 14.4. The van der Waals surface area contributed by atoms with Crippen LogP contribution in [0.3, 0.4) is 0 Å². The van der Waals surface area contributed by atoms with E-state index in [1.54, 1.807) is 6.07 Å². The summed E-state index contributed by atoms with van der Waals surface area (Å²) in [6.07, 6.45) is 2.90. The van der Waals surface area contributed by atoms with E-state index in [0.717, 1.165) is 42.9 Å². The van der Waals surface area contributed by atoms with Gasteiger partial charge < -0.3 is 14.4 Å². The van der Waals surface area contributed by atoms with Crippen LogP contribution < -0.4 is 14.4 Å². The number of hydrogen-bond acceptors (Lipinski definition) is 4. The van der Waals surface area contributed by atoms with Crippen LogP contribution in [0, 0.1) is 5.82 Å². The molecule has 1 aromatic heterocycles. The highest BCUT2D eigenvalue weighted by atomic mass is 19.1. The van der Waals surface area contributed by atoms with Crippen molar-refractivity contribution < 1.29 is 13.9 Å². The van der Waals surface area contributed by atoms with E-state index in [4.69, 9.17) is 9.47 Å². The molecule has 2 aliphatic rings. The molecule has 3 heterocycles. The molecule has 23 heavy (non-hydrogen) atoms. The lowest BCUT2D eigenvalue weighted by atomic mass is 10.0. The van der Waals surface area contributed by atoms with Gasteiger partial charge in [-0.25, -0.2) is 4.39 Å². The van der Waals surface area contributed by atoms with E-state index in [0.29, 0.717) is 24.7 Å². The van der Waals surface area contributed by atoms with Crippen molar-refractivity contribution in [3.8, 4) is 11.5 Å². The number of hydrogen-bond donors (Lipinski definition) is 1. The van der Waals surface area contributed by atoms with E-state index in [9.17, 15) is 4.39 Å². The number of ether oxygens (including phenoxy) is 2. The van der Waals surface area contributed by atoms with E-state index >= 15 is 0 Å². The SMILES string of the molecule is CCc1cc(N2CCCC2c2cc(F)cc3c2OCCO3)[nH]n1. The van der Waals surface area contributed by atoms with Crippen LogP contribution in [0.2, 0.25) is 0 Å². The van der Waals surface area contributed by atoms with Crippen LogP contribution in [0.15, 0.2) is 18.2 Å². The number of benzene rings is 1. The lowest BCUT2D eigenvalue weighted by Gasteiger charge is -2.29. The monoisotopic (exact) mass is 317 g/mol. The largest absolute Gasteiger partial charge is 0.486 e. The first-order valence-corrected chi connectivity index (χ1v) is 8.16. The highest BCUT2D eigenvalue weighted by Gasteiger charge is 2.32. The van der Waals surface area contributed by atoms with Crippen molar-refractivity contribution in [1.29, 1.82) is 0 Å². The number of fused-ring (bicyclic) bond motifs is 1. The number of nitrogens with one attached hydrogen (secondary N) is 1. The highest BCUT2D eigenvalue weighted by Crippen LogP contribution is 2.44. The zero-order valence-electron chi connectivity index (χ0n) is 13.1. The van der Waals surface area contributed by atoms with Gasteiger partial charge in [0.25, 0.3) is 0 Å². The van der Waals surface area contributed by atoms with Gasteiger partial charge >= 0.3 is 0 Å². The lowest BCUT2D eigenvalue weighted by molar-refractivity contribution is 0.168. The Morgan fingerprint density at radius 3 is 3.00 bits per heavy atom. The fourth-order valence-electron chi connectivity index (χ4n) is 3.45. The molecule has 0 bridgehead atoms. The Morgan fingerprint density at radius 1 is 1.30 bits per heavy atom. The molecular weight excluding hydrogens is 297 g/mol. The van der Waals surface area contributed by atoms with Gasteiger partial charge in [0.2, 0.25) is 0 Å². The Kier molecular flexibility index (Phi) is 3.59. The zero-order chi connectivity index (χ0) is 15.8. The van der Waals surface area contributed by atoms with E-state index in [2.05, 4.69) is 28.1 Å². The lowest BCUT2D eigenvalue weighted by Crippen LogP contribution is -2.25. The maximum absolute atomic E-state index is 14.0. The minimum absolute atomic E-state index is 0.0753. The summed E-state index contributed by atoms with van der Waals surface area (Å²) in [5.74, 6) is 1.90. The average Bonchev–Trinajstić information content (AvgIpc) is 3.22.